The lowest BCUT2D eigenvalue weighted by molar-refractivity contribution is 0.671. The molecule has 0 aliphatic rings. The van der Waals surface area contributed by atoms with Crippen molar-refractivity contribution in [2.24, 2.45) is 0 Å². The van der Waals surface area contributed by atoms with Crippen molar-refractivity contribution in [3.05, 3.63) is 36.7 Å². The van der Waals surface area contributed by atoms with Gasteiger partial charge in [0.1, 0.15) is 0 Å². The van der Waals surface area contributed by atoms with Crippen molar-refractivity contribution in [2.45, 2.75) is 18.1 Å². The monoisotopic (exact) mass is 299 g/mol. The van der Waals surface area contributed by atoms with Crippen LogP contribution in [0.15, 0.2) is 41.8 Å². The third-order valence-electron chi connectivity index (χ3n) is 3.19. The average molecular weight is 299 g/mol. The van der Waals surface area contributed by atoms with Crippen LogP contribution in [0.5, 0.6) is 0 Å². The summed E-state index contributed by atoms with van der Waals surface area (Å²) in [5, 5.41) is 13.4. The van der Waals surface area contributed by atoms with Gasteiger partial charge in [0, 0.05) is 19.0 Å². The van der Waals surface area contributed by atoms with Crippen LogP contribution in [0.2, 0.25) is 0 Å². The molecule has 0 spiro atoms. The minimum absolute atomic E-state index is 0.301. The topological polar surface area (TPSA) is 76.0 Å². The first-order valence-corrected chi connectivity index (χ1v) is 7.97. The Morgan fingerprint density at radius 3 is 2.95 bits per heavy atom. The highest BCUT2D eigenvalue weighted by molar-refractivity contribution is 7.84. The number of aromatic nitrogens is 4. The number of nitrogens with zero attached hydrogens (tertiary/aromatic N) is 5. The average Bonchev–Trinajstić information content (AvgIpc) is 3.10. The second-order valence-corrected chi connectivity index (χ2v) is 5.82. The Kier molecular flexibility index (Phi) is 3.54. The molecule has 0 saturated carbocycles. The highest BCUT2D eigenvalue weighted by atomic mass is 32.2. The second-order valence-electron chi connectivity index (χ2n) is 4.55. The van der Waals surface area contributed by atoms with Gasteiger partial charge in [-0.05, 0) is 24.3 Å². The van der Waals surface area contributed by atoms with Crippen molar-refractivity contribution in [2.75, 3.05) is 6.26 Å². The molecule has 21 heavy (non-hydrogen) atoms. The zero-order chi connectivity index (χ0) is 14.8. The third-order valence-corrected chi connectivity index (χ3v) is 3.89. The summed E-state index contributed by atoms with van der Waals surface area (Å²) in [5.74, 6) is 0. The van der Waals surface area contributed by atoms with Gasteiger partial charge < -0.3 is 4.57 Å². The lowest BCUT2D eigenvalue weighted by atomic mass is 10.3. The Bertz CT molecular complexity index is 858. The van der Waals surface area contributed by atoms with Gasteiger partial charge in [0.15, 0.2) is 0 Å². The normalized spacial score (nSPS) is 12.4. The predicted octanol–water partition coefficient (Wildman–Crippen LogP) is 1.85. The maximum atomic E-state index is 11.5. The van der Waals surface area contributed by atoms with Crippen LogP contribution in [-0.4, -0.2) is 29.6 Å². The smallest absolute Gasteiger partial charge is 0.237 e. The third kappa shape index (κ3) is 2.45. The number of rotatable bonds is 4. The zero-order valence-corrected chi connectivity index (χ0v) is 12.2. The maximum absolute atomic E-state index is 11.5. The molecule has 106 valence electrons. The number of fused-ring (bicyclic) bond motifs is 1. The van der Waals surface area contributed by atoms with E-state index in [1.165, 1.54) is 0 Å². The molecule has 6 nitrogen and oxygen atoms in total. The van der Waals surface area contributed by atoms with Crippen molar-refractivity contribution in [3.8, 4) is 17.5 Å². The van der Waals surface area contributed by atoms with Gasteiger partial charge in [-0.1, -0.05) is 0 Å². The van der Waals surface area contributed by atoms with Crippen molar-refractivity contribution >= 4 is 16.3 Å². The van der Waals surface area contributed by atoms with E-state index in [-0.39, 0.29) is 0 Å². The van der Waals surface area contributed by atoms with Crippen molar-refractivity contribution in [1.82, 2.24) is 19.2 Å². The van der Waals surface area contributed by atoms with E-state index in [1.54, 1.807) is 17.0 Å². The summed E-state index contributed by atoms with van der Waals surface area (Å²) in [7, 11) is -1.23. The van der Waals surface area contributed by atoms with Gasteiger partial charge in [0.2, 0.25) is 5.16 Å². The molecule has 0 amide bonds. The summed E-state index contributed by atoms with van der Waals surface area (Å²) in [4.78, 5) is 4.09. The molecular formula is C14H13N5OS. The second kappa shape index (κ2) is 5.50. The van der Waals surface area contributed by atoms with Gasteiger partial charge in [-0.25, -0.2) is 9.50 Å². The minimum Gasteiger partial charge on any atom is -0.345 e. The molecule has 3 rings (SSSR count). The fraction of sp³-hybridized carbons (Fsp3) is 0.214. The summed E-state index contributed by atoms with van der Waals surface area (Å²) in [6.07, 6.45) is 5.60. The number of hydrogen-bond donors (Lipinski definition) is 0. The molecule has 0 bridgehead atoms. The van der Waals surface area contributed by atoms with Crippen molar-refractivity contribution in [1.29, 1.82) is 5.26 Å². The molecule has 0 saturated heterocycles. The van der Waals surface area contributed by atoms with Crippen LogP contribution in [0.25, 0.3) is 16.9 Å². The molecule has 0 N–H and O–H groups in total. The minimum atomic E-state index is -1.23. The molecule has 0 fully saturated rings. The van der Waals surface area contributed by atoms with Crippen molar-refractivity contribution < 1.29 is 4.21 Å². The van der Waals surface area contributed by atoms with Crippen LogP contribution < -0.4 is 0 Å². The highest BCUT2D eigenvalue weighted by Gasteiger charge is 2.12. The highest BCUT2D eigenvalue weighted by Crippen LogP contribution is 2.22. The van der Waals surface area contributed by atoms with Gasteiger partial charge in [0.25, 0.3) is 0 Å². The lowest BCUT2D eigenvalue weighted by Crippen LogP contribution is -2.05. The van der Waals surface area contributed by atoms with Gasteiger partial charge >= 0.3 is 0 Å². The Labute approximate surface area is 124 Å². The van der Waals surface area contributed by atoms with Gasteiger partial charge in [0.05, 0.1) is 46.4 Å². The number of aryl methyl sites for hydroxylation is 1. The standard InChI is InChI=1S/C14H13N5OS/c1-21(20)14-16-10-11-5-6-13(19(11)17-14)12-4-2-8-18(12)9-3-7-15/h2,4-6,8,10H,3,9H2,1H3. The molecule has 3 heterocycles. The summed E-state index contributed by atoms with van der Waals surface area (Å²) >= 11 is 0. The number of hydrogen-bond acceptors (Lipinski definition) is 4. The fourth-order valence-electron chi connectivity index (χ4n) is 2.22. The van der Waals surface area contributed by atoms with Gasteiger partial charge in [-0.15, -0.1) is 5.10 Å². The zero-order valence-electron chi connectivity index (χ0n) is 11.4. The predicted molar refractivity (Wildman–Crippen MR) is 79.0 cm³/mol. The SMILES string of the molecule is CS(=O)c1ncc2ccc(-c3cccn3CCC#N)n2n1. The first-order valence-electron chi connectivity index (χ1n) is 6.41. The Morgan fingerprint density at radius 1 is 1.33 bits per heavy atom. The van der Waals surface area contributed by atoms with E-state index in [0.717, 1.165) is 16.9 Å². The van der Waals surface area contributed by atoms with Gasteiger partial charge in [-0.2, -0.15) is 5.26 Å². The molecule has 0 aromatic carbocycles. The van der Waals surface area contributed by atoms with Crippen LogP contribution in [0.1, 0.15) is 6.42 Å². The molecule has 1 unspecified atom stereocenters. The van der Waals surface area contributed by atoms with Crippen LogP contribution in [0, 0.1) is 11.3 Å². The Morgan fingerprint density at radius 2 is 2.19 bits per heavy atom. The molecule has 0 radical (unpaired) electrons. The molecule has 7 heteroatoms. The molecule has 3 aromatic rings. The summed E-state index contributed by atoms with van der Waals surface area (Å²) < 4.78 is 15.3. The van der Waals surface area contributed by atoms with E-state index in [9.17, 15) is 4.21 Å². The van der Waals surface area contributed by atoms with Gasteiger partial charge in [-0.3, -0.25) is 4.21 Å². The van der Waals surface area contributed by atoms with E-state index >= 15 is 0 Å². The Balaban J connectivity index is 2.12. The first kappa shape index (κ1) is 13.5. The van der Waals surface area contributed by atoms with E-state index in [2.05, 4.69) is 16.2 Å². The number of nitriles is 1. The van der Waals surface area contributed by atoms with E-state index < -0.39 is 10.8 Å². The largest absolute Gasteiger partial charge is 0.345 e. The van der Waals surface area contributed by atoms with E-state index in [0.29, 0.717) is 18.1 Å². The molecule has 0 aliphatic carbocycles. The molecule has 0 aliphatic heterocycles. The maximum Gasteiger partial charge on any atom is 0.237 e. The molecule has 3 aromatic heterocycles. The lowest BCUT2D eigenvalue weighted by Gasteiger charge is -2.07. The van der Waals surface area contributed by atoms with Crippen LogP contribution in [-0.2, 0) is 17.3 Å². The van der Waals surface area contributed by atoms with Crippen molar-refractivity contribution in [3.63, 3.8) is 0 Å². The summed E-state index contributed by atoms with van der Waals surface area (Å²) in [5.41, 5.74) is 2.70. The summed E-state index contributed by atoms with van der Waals surface area (Å²) in [6.45, 7) is 0.629. The van der Waals surface area contributed by atoms with E-state index in [1.807, 2.05) is 35.0 Å². The van der Waals surface area contributed by atoms with E-state index in [4.69, 9.17) is 5.26 Å². The molecular weight excluding hydrogens is 286 g/mol. The quantitative estimate of drug-likeness (QED) is 0.736. The fourth-order valence-corrected chi connectivity index (χ4v) is 2.62. The summed E-state index contributed by atoms with van der Waals surface area (Å²) in [6, 6.07) is 9.92. The van der Waals surface area contributed by atoms with Crippen LogP contribution >= 0.6 is 0 Å². The van der Waals surface area contributed by atoms with Crippen LogP contribution in [0.3, 0.4) is 0 Å². The molecule has 1 atom stereocenters. The Hall–Kier alpha value is -2.46. The van der Waals surface area contributed by atoms with Crippen LogP contribution in [0.4, 0.5) is 0 Å². The first-order chi connectivity index (χ1) is 10.2.